The fourth-order valence-corrected chi connectivity index (χ4v) is 7.12. The molecule has 5 aromatic carbocycles. The molecule has 0 spiro atoms. The molecule has 0 bridgehead atoms. The van der Waals surface area contributed by atoms with E-state index in [2.05, 4.69) is 16.0 Å². The van der Waals surface area contributed by atoms with E-state index in [1.807, 2.05) is 86.6 Å². The molecule has 6 rings (SSSR count). The Morgan fingerprint density at radius 2 is 1.42 bits per heavy atom. The zero-order valence-corrected chi connectivity index (χ0v) is 30.4. The normalized spacial score (nSPS) is 11.7. The number of benzene rings is 5. The van der Waals surface area contributed by atoms with Gasteiger partial charge in [0.1, 0.15) is 16.7 Å². The van der Waals surface area contributed by atoms with E-state index in [0.717, 1.165) is 26.6 Å². The summed E-state index contributed by atoms with van der Waals surface area (Å²) in [6.45, 7) is 4.04. The molecule has 1 unspecified atom stereocenters. The van der Waals surface area contributed by atoms with Gasteiger partial charge in [-0.15, -0.1) is 23.1 Å². The van der Waals surface area contributed by atoms with Crippen LogP contribution in [0.15, 0.2) is 144 Å². The molecule has 10 heteroatoms. The second-order valence-corrected chi connectivity index (χ2v) is 14.2. The number of rotatable bonds is 12. The molecule has 0 fully saturated rings. The van der Waals surface area contributed by atoms with Gasteiger partial charge in [-0.2, -0.15) is 0 Å². The van der Waals surface area contributed by atoms with Crippen LogP contribution in [0.3, 0.4) is 0 Å². The number of nitrogens with one attached hydrogen (secondary N) is 3. The number of thiazole rings is 1. The van der Waals surface area contributed by atoms with Crippen LogP contribution in [0.4, 0.5) is 10.8 Å². The van der Waals surface area contributed by atoms with Gasteiger partial charge < -0.3 is 20.7 Å². The van der Waals surface area contributed by atoms with Crippen LogP contribution < -0.4 is 20.7 Å². The van der Waals surface area contributed by atoms with Crippen molar-refractivity contribution in [2.75, 3.05) is 17.7 Å². The number of carbonyl (C=O) groups is 3. The summed E-state index contributed by atoms with van der Waals surface area (Å²) in [5.41, 5.74) is 5.58. The molecular weight excluding hydrogens is 689 g/mol. The number of aryl methyl sites for hydroxylation is 2. The van der Waals surface area contributed by atoms with Crippen molar-refractivity contribution < 1.29 is 19.1 Å². The summed E-state index contributed by atoms with van der Waals surface area (Å²) in [6, 6.07) is 40.8. The van der Waals surface area contributed by atoms with E-state index in [9.17, 15) is 14.4 Å². The van der Waals surface area contributed by atoms with Crippen LogP contribution in [0.2, 0.25) is 0 Å². The smallest absolute Gasteiger partial charge is 0.272 e. The predicted molar refractivity (Wildman–Crippen MR) is 211 cm³/mol. The summed E-state index contributed by atoms with van der Waals surface area (Å²) in [7, 11) is 1.58. The Kier molecular flexibility index (Phi) is 11.6. The molecule has 52 heavy (non-hydrogen) atoms. The largest absolute Gasteiger partial charge is 0.497 e. The fraction of sp³-hybridized carbons (Fsp3) is 0.0952. The summed E-state index contributed by atoms with van der Waals surface area (Å²) in [6.07, 6.45) is 1.61. The molecule has 0 saturated carbocycles. The van der Waals surface area contributed by atoms with E-state index < -0.39 is 17.1 Å². The third-order valence-corrected chi connectivity index (χ3v) is 10.2. The van der Waals surface area contributed by atoms with Crippen LogP contribution in [-0.4, -0.2) is 29.8 Å². The standard InChI is InChI=1S/C42H36N4O4S2/c1-27-14-18-30(19-15-27)37-28(2)51-42(45-37)46-41(49)38(31-10-6-4-7-11-31)52-35-24-20-33(21-25-35)43-40(48)36(26-29-16-22-34(50-3)23-17-29)44-39(47)32-12-8-5-9-13-32/h4-26,38H,1-3H3,(H,43,48)(H,44,47)(H,45,46,49)/b36-26-. The first-order valence-corrected chi connectivity index (χ1v) is 18.2. The van der Waals surface area contributed by atoms with Crippen molar-refractivity contribution in [3.8, 4) is 17.0 Å². The van der Waals surface area contributed by atoms with Gasteiger partial charge in [0, 0.05) is 26.6 Å². The lowest BCUT2D eigenvalue weighted by molar-refractivity contribution is -0.116. The molecule has 260 valence electrons. The van der Waals surface area contributed by atoms with Gasteiger partial charge in [0.2, 0.25) is 5.91 Å². The molecule has 3 amide bonds. The average Bonchev–Trinajstić information content (AvgIpc) is 3.54. The molecule has 0 aliphatic heterocycles. The van der Waals surface area contributed by atoms with Crippen LogP contribution in [0.1, 0.15) is 37.2 Å². The summed E-state index contributed by atoms with van der Waals surface area (Å²) >= 11 is 2.84. The van der Waals surface area contributed by atoms with Gasteiger partial charge in [0.05, 0.1) is 12.8 Å². The van der Waals surface area contributed by atoms with Crippen molar-refractivity contribution in [2.45, 2.75) is 24.0 Å². The number of methoxy groups -OCH3 is 1. The lowest BCUT2D eigenvalue weighted by Gasteiger charge is -2.17. The lowest BCUT2D eigenvalue weighted by Crippen LogP contribution is -2.30. The van der Waals surface area contributed by atoms with Gasteiger partial charge in [0.25, 0.3) is 11.8 Å². The number of aromatic nitrogens is 1. The van der Waals surface area contributed by atoms with Crippen LogP contribution in [0, 0.1) is 13.8 Å². The first-order valence-electron chi connectivity index (χ1n) is 16.5. The van der Waals surface area contributed by atoms with E-state index in [1.54, 1.807) is 73.8 Å². The molecule has 6 aromatic rings. The molecule has 0 aliphatic rings. The minimum atomic E-state index is -0.569. The molecule has 8 nitrogen and oxygen atoms in total. The Hall–Kier alpha value is -5.97. The van der Waals surface area contributed by atoms with Crippen molar-refractivity contribution in [2.24, 2.45) is 0 Å². The molecular formula is C42H36N4O4S2. The Morgan fingerprint density at radius 3 is 2.08 bits per heavy atom. The Balaban J connectivity index is 1.18. The number of carbonyl (C=O) groups excluding carboxylic acids is 3. The van der Waals surface area contributed by atoms with Crippen molar-refractivity contribution in [3.63, 3.8) is 0 Å². The zero-order chi connectivity index (χ0) is 36.5. The SMILES string of the molecule is COc1ccc(/C=C(\NC(=O)c2ccccc2)C(=O)Nc2ccc(SC(C(=O)Nc3nc(-c4ccc(C)cc4)c(C)s3)c3ccccc3)cc2)cc1. The average molecular weight is 725 g/mol. The minimum absolute atomic E-state index is 0.0706. The number of ether oxygens (including phenoxy) is 1. The van der Waals surface area contributed by atoms with E-state index in [1.165, 1.54) is 28.7 Å². The molecule has 0 saturated heterocycles. The zero-order valence-electron chi connectivity index (χ0n) is 28.8. The highest BCUT2D eigenvalue weighted by Gasteiger charge is 2.24. The number of amides is 3. The Bertz CT molecular complexity index is 2180. The Morgan fingerprint density at radius 1 is 0.769 bits per heavy atom. The van der Waals surface area contributed by atoms with Crippen molar-refractivity contribution in [3.05, 3.63) is 166 Å². The van der Waals surface area contributed by atoms with Gasteiger partial charge in [-0.1, -0.05) is 90.5 Å². The third kappa shape index (κ3) is 9.22. The molecule has 0 aliphatic carbocycles. The van der Waals surface area contributed by atoms with Crippen molar-refractivity contribution in [1.29, 1.82) is 0 Å². The van der Waals surface area contributed by atoms with Crippen LogP contribution in [0.25, 0.3) is 17.3 Å². The second kappa shape index (κ2) is 16.8. The van der Waals surface area contributed by atoms with Crippen molar-refractivity contribution in [1.82, 2.24) is 10.3 Å². The first-order chi connectivity index (χ1) is 25.2. The summed E-state index contributed by atoms with van der Waals surface area (Å²) < 4.78 is 5.25. The quantitative estimate of drug-likeness (QED) is 0.0858. The highest BCUT2D eigenvalue weighted by molar-refractivity contribution is 8.00. The number of thioether (sulfide) groups is 1. The maximum atomic E-state index is 13.8. The number of nitrogens with zero attached hydrogens (tertiary/aromatic N) is 1. The Labute approximate surface area is 311 Å². The number of hydrogen-bond donors (Lipinski definition) is 3. The number of hydrogen-bond acceptors (Lipinski definition) is 7. The summed E-state index contributed by atoms with van der Waals surface area (Å²) in [4.78, 5) is 47.0. The van der Waals surface area contributed by atoms with Gasteiger partial charge in [0.15, 0.2) is 5.13 Å². The second-order valence-electron chi connectivity index (χ2n) is 11.8. The molecule has 0 radical (unpaired) electrons. The van der Waals surface area contributed by atoms with E-state index in [-0.39, 0.29) is 11.6 Å². The van der Waals surface area contributed by atoms with Crippen LogP contribution in [-0.2, 0) is 9.59 Å². The molecule has 1 heterocycles. The van der Waals surface area contributed by atoms with Crippen molar-refractivity contribution >= 4 is 57.7 Å². The maximum Gasteiger partial charge on any atom is 0.272 e. The molecule has 3 N–H and O–H groups in total. The highest BCUT2D eigenvalue weighted by atomic mass is 32.2. The van der Waals surface area contributed by atoms with Gasteiger partial charge in [-0.3, -0.25) is 14.4 Å². The minimum Gasteiger partial charge on any atom is -0.497 e. The maximum absolute atomic E-state index is 13.8. The van der Waals surface area contributed by atoms with E-state index in [4.69, 9.17) is 9.72 Å². The first kappa shape index (κ1) is 35.8. The number of anilines is 2. The van der Waals surface area contributed by atoms with Gasteiger partial charge >= 0.3 is 0 Å². The van der Waals surface area contributed by atoms with E-state index >= 15 is 0 Å². The fourth-order valence-electron chi connectivity index (χ4n) is 5.26. The van der Waals surface area contributed by atoms with E-state index in [0.29, 0.717) is 27.7 Å². The monoisotopic (exact) mass is 724 g/mol. The highest BCUT2D eigenvalue weighted by Crippen LogP contribution is 2.38. The van der Waals surface area contributed by atoms with Gasteiger partial charge in [-0.25, -0.2) is 4.98 Å². The third-order valence-electron chi connectivity index (χ3n) is 8.01. The predicted octanol–water partition coefficient (Wildman–Crippen LogP) is 9.32. The lowest BCUT2D eigenvalue weighted by atomic mass is 10.1. The summed E-state index contributed by atoms with van der Waals surface area (Å²) in [5, 5.41) is 8.67. The van der Waals surface area contributed by atoms with Gasteiger partial charge in [-0.05, 0) is 79.6 Å². The molecule has 1 aromatic heterocycles. The van der Waals surface area contributed by atoms with Crippen LogP contribution in [0.5, 0.6) is 5.75 Å². The topological polar surface area (TPSA) is 109 Å². The molecule has 1 atom stereocenters. The van der Waals surface area contributed by atoms with Crippen LogP contribution >= 0.6 is 23.1 Å². The summed E-state index contributed by atoms with van der Waals surface area (Å²) in [5.74, 6) is -0.426.